The van der Waals surface area contributed by atoms with E-state index in [1.54, 1.807) is 6.92 Å². The third kappa shape index (κ3) is 1.42. The van der Waals surface area contributed by atoms with Crippen molar-refractivity contribution in [2.45, 2.75) is 31.5 Å². The van der Waals surface area contributed by atoms with Gasteiger partial charge in [0.25, 0.3) is 10.1 Å². The lowest BCUT2D eigenvalue weighted by molar-refractivity contribution is -0.127. The molecule has 0 radical (unpaired) electrons. The zero-order valence-corrected chi connectivity index (χ0v) is 11.6. The Hall–Kier alpha value is 0.0600. The quantitative estimate of drug-likeness (QED) is 0.622. The van der Waals surface area contributed by atoms with Crippen molar-refractivity contribution in [1.82, 2.24) is 0 Å². The minimum atomic E-state index is -4.05. The first-order valence-electron chi connectivity index (χ1n) is 5.25. The Morgan fingerprint density at radius 1 is 1.50 bits per heavy atom. The van der Waals surface area contributed by atoms with E-state index >= 15 is 0 Å². The average molecular weight is 311 g/mol. The standard InChI is InChI=1S/C10H15BrO4S/c1-9-4-3-6(7(11)8(9)12)10(9,2)5-16(13,14)15/h6-7H,3-5H2,1-2H3,(H,13,14,15)/t6-,7+,9+,10-/m1/s1. The van der Waals surface area contributed by atoms with Crippen LogP contribution in [0.15, 0.2) is 0 Å². The van der Waals surface area contributed by atoms with Gasteiger partial charge in [0, 0.05) is 10.8 Å². The molecule has 2 saturated carbocycles. The molecule has 0 aromatic rings. The summed E-state index contributed by atoms with van der Waals surface area (Å²) < 4.78 is 31.2. The molecule has 1 N–H and O–H groups in total. The topological polar surface area (TPSA) is 71.4 Å². The van der Waals surface area contributed by atoms with Gasteiger partial charge in [-0.2, -0.15) is 8.42 Å². The van der Waals surface area contributed by atoms with Crippen molar-refractivity contribution in [1.29, 1.82) is 0 Å². The van der Waals surface area contributed by atoms with Gasteiger partial charge in [0.05, 0.1) is 10.6 Å². The summed E-state index contributed by atoms with van der Waals surface area (Å²) in [5, 5.41) is 0. The number of carbonyl (C=O) groups excluding carboxylic acids is 1. The van der Waals surface area contributed by atoms with E-state index in [9.17, 15) is 13.2 Å². The van der Waals surface area contributed by atoms with Crippen molar-refractivity contribution in [3.63, 3.8) is 0 Å². The molecule has 4 atom stereocenters. The van der Waals surface area contributed by atoms with Crippen LogP contribution in [0.3, 0.4) is 0 Å². The van der Waals surface area contributed by atoms with Gasteiger partial charge in [0.2, 0.25) is 0 Å². The van der Waals surface area contributed by atoms with E-state index in [2.05, 4.69) is 15.9 Å². The Balaban J connectivity index is 2.47. The molecule has 2 fully saturated rings. The van der Waals surface area contributed by atoms with Crippen LogP contribution >= 0.6 is 15.9 Å². The lowest BCUT2D eigenvalue weighted by Crippen LogP contribution is -2.40. The summed E-state index contributed by atoms with van der Waals surface area (Å²) in [4.78, 5) is 11.8. The van der Waals surface area contributed by atoms with Crippen LogP contribution in [0.4, 0.5) is 0 Å². The molecule has 2 aliphatic carbocycles. The van der Waals surface area contributed by atoms with Crippen molar-refractivity contribution in [2.75, 3.05) is 5.75 Å². The van der Waals surface area contributed by atoms with Gasteiger partial charge in [0.15, 0.2) is 5.78 Å². The molecule has 0 saturated heterocycles. The molecular weight excluding hydrogens is 296 g/mol. The minimum absolute atomic E-state index is 0.00641. The van der Waals surface area contributed by atoms with Crippen LogP contribution in [0.5, 0.6) is 0 Å². The zero-order valence-electron chi connectivity index (χ0n) is 9.23. The van der Waals surface area contributed by atoms with E-state index in [4.69, 9.17) is 4.55 Å². The van der Waals surface area contributed by atoms with E-state index in [0.29, 0.717) is 6.42 Å². The van der Waals surface area contributed by atoms with Gasteiger partial charge < -0.3 is 0 Å². The van der Waals surface area contributed by atoms with E-state index in [1.807, 2.05) is 6.92 Å². The fourth-order valence-electron chi connectivity index (χ4n) is 3.46. The third-order valence-electron chi connectivity index (χ3n) is 4.66. The van der Waals surface area contributed by atoms with Crippen molar-refractivity contribution >= 4 is 31.8 Å². The number of rotatable bonds is 2. The van der Waals surface area contributed by atoms with Crippen LogP contribution in [-0.2, 0) is 14.9 Å². The second-order valence-corrected chi connectivity index (χ2v) is 7.83. The molecule has 0 heterocycles. The maximum atomic E-state index is 12.1. The number of ketones is 1. The van der Waals surface area contributed by atoms with Crippen molar-refractivity contribution in [2.24, 2.45) is 16.7 Å². The molecule has 2 bridgehead atoms. The van der Waals surface area contributed by atoms with Crippen LogP contribution in [-0.4, -0.2) is 29.3 Å². The fourth-order valence-corrected chi connectivity index (χ4v) is 6.11. The molecule has 92 valence electrons. The third-order valence-corrected chi connectivity index (χ3v) is 6.68. The summed E-state index contributed by atoms with van der Waals surface area (Å²) in [5.41, 5.74) is -1.27. The number of Topliss-reactive ketones (excluding diaryl/α,β-unsaturated/α-hetero) is 1. The molecule has 16 heavy (non-hydrogen) atoms. The smallest absolute Gasteiger partial charge is 0.265 e. The molecule has 2 aliphatic rings. The Bertz CT molecular complexity index is 446. The highest BCUT2D eigenvalue weighted by molar-refractivity contribution is 9.10. The predicted octanol–water partition coefficient (Wildman–Crippen LogP) is 1.64. The molecule has 0 aromatic carbocycles. The summed E-state index contributed by atoms with van der Waals surface area (Å²) in [6.45, 7) is 3.62. The number of fused-ring (bicyclic) bond motifs is 2. The Morgan fingerprint density at radius 2 is 2.06 bits per heavy atom. The van der Waals surface area contributed by atoms with Crippen LogP contribution in [0.25, 0.3) is 0 Å². The second kappa shape index (κ2) is 3.29. The lowest BCUT2D eigenvalue weighted by Gasteiger charge is -2.35. The first-order valence-corrected chi connectivity index (χ1v) is 7.78. The fraction of sp³-hybridized carbons (Fsp3) is 0.900. The van der Waals surface area contributed by atoms with Gasteiger partial charge >= 0.3 is 0 Å². The van der Waals surface area contributed by atoms with Gasteiger partial charge in [-0.3, -0.25) is 9.35 Å². The maximum Gasteiger partial charge on any atom is 0.265 e. The van der Waals surface area contributed by atoms with Crippen LogP contribution < -0.4 is 0 Å². The van der Waals surface area contributed by atoms with Gasteiger partial charge in [0.1, 0.15) is 0 Å². The van der Waals surface area contributed by atoms with Crippen LogP contribution in [0, 0.1) is 16.7 Å². The molecule has 0 spiro atoms. The molecule has 4 nitrogen and oxygen atoms in total. The Morgan fingerprint density at radius 3 is 2.44 bits per heavy atom. The Labute approximate surface area is 104 Å². The Kier molecular flexibility index (Phi) is 2.58. The molecule has 6 heteroatoms. The highest BCUT2D eigenvalue weighted by Gasteiger charge is 2.68. The normalized spacial score (nSPS) is 47.6. The first-order chi connectivity index (χ1) is 7.12. The minimum Gasteiger partial charge on any atom is -0.298 e. The van der Waals surface area contributed by atoms with E-state index < -0.39 is 20.9 Å². The second-order valence-electron chi connectivity index (χ2n) is 5.39. The van der Waals surface area contributed by atoms with E-state index in [0.717, 1.165) is 6.42 Å². The van der Waals surface area contributed by atoms with Crippen LogP contribution in [0.1, 0.15) is 26.7 Å². The lowest BCUT2D eigenvalue weighted by atomic mass is 9.70. The van der Waals surface area contributed by atoms with Crippen molar-refractivity contribution in [3.05, 3.63) is 0 Å². The largest absolute Gasteiger partial charge is 0.298 e. The summed E-state index contributed by atoms with van der Waals surface area (Å²) in [5.74, 6) is -0.239. The van der Waals surface area contributed by atoms with E-state index in [1.165, 1.54) is 0 Å². The van der Waals surface area contributed by atoms with Gasteiger partial charge in [-0.05, 0) is 18.8 Å². The zero-order chi connectivity index (χ0) is 12.4. The molecule has 2 rings (SSSR count). The number of halogens is 1. The molecule has 0 aliphatic heterocycles. The van der Waals surface area contributed by atoms with Crippen LogP contribution in [0.2, 0.25) is 0 Å². The molecule has 0 aromatic heterocycles. The molecular formula is C10H15BrO4S. The predicted molar refractivity (Wildman–Crippen MR) is 63.1 cm³/mol. The average Bonchev–Trinajstić information content (AvgIpc) is 2.40. The van der Waals surface area contributed by atoms with Crippen molar-refractivity contribution < 1.29 is 17.8 Å². The summed E-state index contributed by atoms with van der Waals surface area (Å²) in [7, 11) is -4.05. The summed E-state index contributed by atoms with van der Waals surface area (Å²) in [6.07, 6.45) is 1.55. The summed E-state index contributed by atoms with van der Waals surface area (Å²) in [6, 6.07) is 0. The highest BCUT2D eigenvalue weighted by atomic mass is 79.9. The number of hydrogen-bond donors (Lipinski definition) is 1. The highest BCUT2D eigenvalue weighted by Crippen LogP contribution is 2.65. The number of hydrogen-bond acceptors (Lipinski definition) is 3. The van der Waals surface area contributed by atoms with E-state index in [-0.39, 0.29) is 22.3 Å². The SMILES string of the molecule is C[C@]12CC[C@H]([C@H](Br)C1=O)[C@@]2(C)CS(=O)(=O)O. The van der Waals surface area contributed by atoms with Gasteiger partial charge in [-0.25, -0.2) is 0 Å². The number of alkyl halides is 1. The maximum absolute atomic E-state index is 12.1. The van der Waals surface area contributed by atoms with Gasteiger partial charge in [-0.15, -0.1) is 0 Å². The van der Waals surface area contributed by atoms with Gasteiger partial charge in [-0.1, -0.05) is 29.8 Å². The molecule has 0 unspecified atom stereocenters. The monoisotopic (exact) mass is 310 g/mol. The summed E-state index contributed by atoms with van der Waals surface area (Å²) >= 11 is 3.35. The molecule has 0 amide bonds. The first kappa shape index (κ1) is 12.5. The number of carbonyl (C=O) groups is 1. The van der Waals surface area contributed by atoms with Crippen molar-refractivity contribution in [3.8, 4) is 0 Å².